The fraction of sp³-hybridized carbons (Fsp3) is 0.370. The highest BCUT2D eigenvalue weighted by molar-refractivity contribution is 5.95. The summed E-state index contributed by atoms with van der Waals surface area (Å²) in [7, 11) is 1.88. The van der Waals surface area contributed by atoms with Gasteiger partial charge in [0.25, 0.3) is 5.91 Å². The molecule has 0 radical (unpaired) electrons. The van der Waals surface area contributed by atoms with E-state index < -0.39 is 0 Å². The van der Waals surface area contributed by atoms with Crippen LogP contribution in [-0.2, 0) is 20.0 Å². The van der Waals surface area contributed by atoms with Gasteiger partial charge < -0.3 is 5.32 Å². The van der Waals surface area contributed by atoms with E-state index in [4.69, 9.17) is 0 Å². The van der Waals surface area contributed by atoms with Crippen molar-refractivity contribution >= 4 is 12.0 Å². The molecule has 1 fully saturated rings. The van der Waals surface area contributed by atoms with Gasteiger partial charge in [-0.15, -0.1) is 0 Å². The first-order valence-electron chi connectivity index (χ1n) is 11.7. The molecule has 3 heterocycles. The van der Waals surface area contributed by atoms with Crippen molar-refractivity contribution in [1.29, 1.82) is 0 Å². The zero-order valence-electron chi connectivity index (χ0n) is 19.6. The summed E-state index contributed by atoms with van der Waals surface area (Å²) < 4.78 is 1.75. The molecule has 1 saturated heterocycles. The van der Waals surface area contributed by atoms with E-state index >= 15 is 0 Å². The van der Waals surface area contributed by atoms with Crippen LogP contribution in [0.5, 0.6) is 0 Å². The Hall–Kier alpha value is -3.25. The summed E-state index contributed by atoms with van der Waals surface area (Å²) in [6, 6.07) is 16.2. The number of hydrogen-bond donors (Lipinski definition) is 1. The van der Waals surface area contributed by atoms with Gasteiger partial charge in [0.1, 0.15) is 0 Å². The molecule has 33 heavy (non-hydrogen) atoms. The molecule has 0 saturated carbocycles. The number of hydrogen-bond acceptors (Lipinski definition) is 4. The third kappa shape index (κ3) is 6.62. The van der Waals surface area contributed by atoms with Crippen molar-refractivity contribution in [3.05, 3.63) is 89.0 Å². The summed E-state index contributed by atoms with van der Waals surface area (Å²) >= 11 is 0. The molecule has 1 aromatic carbocycles. The lowest BCUT2D eigenvalue weighted by molar-refractivity contribution is 0.0949. The number of rotatable bonds is 8. The lowest BCUT2D eigenvalue weighted by Gasteiger charge is -2.32. The molecule has 1 aliphatic rings. The minimum absolute atomic E-state index is 0.0807. The van der Waals surface area contributed by atoms with E-state index in [0.717, 1.165) is 50.3 Å². The minimum Gasteiger partial charge on any atom is -0.346 e. The zero-order valence-corrected chi connectivity index (χ0v) is 19.6. The maximum Gasteiger partial charge on any atom is 0.255 e. The van der Waals surface area contributed by atoms with Crippen molar-refractivity contribution in [1.82, 2.24) is 25.0 Å². The number of likely N-dealkylation sites (tertiary alicyclic amines) is 1. The zero-order chi connectivity index (χ0) is 23.0. The SMILES string of the molecule is C/C(=C\c1ccccc1)CN1CCC(Cc2nn(C)cc2C(=O)NCc2ccccn2)CC1. The Kier molecular flexibility index (Phi) is 7.68. The predicted octanol–water partition coefficient (Wildman–Crippen LogP) is 4.10. The first-order chi connectivity index (χ1) is 16.1. The summed E-state index contributed by atoms with van der Waals surface area (Å²) in [5.41, 5.74) is 5.07. The van der Waals surface area contributed by atoms with Gasteiger partial charge >= 0.3 is 0 Å². The smallest absolute Gasteiger partial charge is 0.255 e. The molecule has 1 N–H and O–H groups in total. The van der Waals surface area contributed by atoms with E-state index in [9.17, 15) is 4.79 Å². The van der Waals surface area contributed by atoms with Crippen molar-refractivity contribution in [3.63, 3.8) is 0 Å². The molecule has 3 aromatic rings. The predicted molar refractivity (Wildman–Crippen MR) is 132 cm³/mol. The third-order valence-corrected chi connectivity index (χ3v) is 6.18. The Morgan fingerprint density at radius 1 is 1.12 bits per heavy atom. The normalized spacial score (nSPS) is 15.5. The van der Waals surface area contributed by atoms with Crippen LogP contribution >= 0.6 is 0 Å². The van der Waals surface area contributed by atoms with E-state index in [1.165, 1.54) is 11.1 Å². The highest BCUT2D eigenvalue weighted by Crippen LogP contribution is 2.23. The van der Waals surface area contributed by atoms with Gasteiger partial charge in [-0.2, -0.15) is 5.10 Å². The number of aromatic nitrogens is 3. The second-order valence-electron chi connectivity index (χ2n) is 8.99. The molecule has 0 unspecified atom stereocenters. The number of pyridine rings is 1. The number of carbonyl (C=O) groups excluding carboxylic acids is 1. The first-order valence-corrected chi connectivity index (χ1v) is 11.7. The van der Waals surface area contributed by atoms with Crippen LogP contribution < -0.4 is 5.32 Å². The lowest BCUT2D eigenvalue weighted by atomic mass is 9.91. The largest absolute Gasteiger partial charge is 0.346 e. The van der Waals surface area contributed by atoms with Gasteiger partial charge in [0.05, 0.1) is 23.5 Å². The number of piperidine rings is 1. The van der Waals surface area contributed by atoms with Gasteiger partial charge in [0, 0.05) is 26.0 Å². The van der Waals surface area contributed by atoms with Crippen molar-refractivity contribution in [2.45, 2.75) is 32.7 Å². The summed E-state index contributed by atoms with van der Waals surface area (Å²) in [6.07, 6.45) is 8.95. The molecule has 0 aliphatic carbocycles. The van der Waals surface area contributed by atoms with E-state index in [1.807, 2.05) is 31.4 Å². The van der Waals surface area contributed by atoms with Crippen molar-refractivity contribution in [2.75, 3.05) is 19.6 Å². The molecule has 172 valence electrons. The second-order valence-corrected chi connectivity index (χ2v) is 8.99. The highest BCUT2D eigenvalue weighted by atomic mass is 16.1. The molecule has 0 bridgehead atoms. The monoisotopic (exact) mass is 443 g/mol. The molecule has 6 nitrogen and oxygen atoms in total. The topological polar surface area (TPSA) is 63.1 Å². The maximum absolute atomic E-state index is 12.8. The minimum atomic E-state index is -0.0807. The van der Waals surface area contributed by atoms with Gasteiger partial charge in [0.15, 0.2) is 0 Å². The fourth-order valence-corrected chi connectivity index (χ4v) is 4.50. The quantitative estimate of drug-likeness (QED) is 0.569. The van der Waals surface area contributed by atoms with Crippen LogP contribution in [0.3, 0.4) is 0 Å². The highest BCUT2D eigenvalue weighted by Gasteiger charge is 2.23. The number of carbonyl (C=O) groups is 1. The number of benzene rings is 1. The van der Waals surface area contributed by atoms with Crippen molar-refractivity contribution in [2.24, 2.45) is 13.0 Å². The second kappa shape index (κ2) is 11.1. The fourth-order valence-electron chi connectivity index (χ4n) is 4.50. The van der Waals surface area contributed by atoms with Crippen LogP contribution in [0.4, 0.5) is 0 Å². The summed E-state index contributed by atoms with van der Waals surface area (Å²) in [5, 5.41) is 7.60. The average Bonchev–Trinajstić information content (AvgIpc) is 3.20. The number of amides is 1. The summed E-state index contributed by atoms with van der Waals surface area (Å²) in [5.74, 6) is 0.472. The number of aryl methyl sites for hydroxylation is 1. The van der Waals surface area contributed by atoms with E-state index in [2.05, 4.69) is 63.6 Å². The molecule has 1 amide bonds. The molecule has 6 heteroatoms. The van der Waals surface area contributed by atoms with Crippen molar-refractivity contribution in [3.8, 4) is 0 Å². The molecule has 2 aromatic heterocycles. The van der Waals surface area contributed by atoms with Gasteiger partial charge in [-0.3, -0.25) is 19.4 Å². The van der Waals surface area contributed by atoms with E-state index in [-0.39, 0.29) is 5.91 Å². The van der Waals surface area contributed by atoms with Gasteiger partial charge in [0.2, 0.25) is 0 Å². The Balaban J connectivity index is 1.29. The Labute approximate surface area is 196 Å². The molecule has 1 aliphatic heterocycles. The molecule has 0 spiro atoms. The van der Waals surface area contributed by atoms with Crippen LogP contribution in [0, 0.1) is 5.92 Å². The van der Waals surface area contributed by atoms with Gasteiger partial charge in [-0.05, 0) is 62.9 Å². The van der Waals surface area contributed by atoms with Crippen LogP contribution in [0.1, 0.15) is 47.1 Å². The molecule has 0 atom stereocenters. The Morgan fingerprint density at radius 2 is 1.88 bits per heavy atom. The first kappa shape index (κ1) is 22.9. The summed E-state index contributed by atoms with van der Waals surface area (Å²) in [4.78, 5) is 19.6. The van der Waals surface area contributed by atoms with Crippen LogP contribution in [0.2, 0.25) is 0 Å². The van der Waals surface area contributed by atoms with Crippen molar-refractivity contribution < 1.29 is 4.79 Å². The summed E-state index contributed by atoms with van der Waals surface area (Å²) in [6.45, 7) is 5.80. The third-order valence-electron chi connectivity index (χ3n) is 6.18. The van der Waals surface area contributed by atoms with Gasteiger partial charge in [-0.1, -0.05) is 48.0 Å². The van der Waals surface area contributed by atoms with Crippen LogP contribution in [0.25, 0.3) is 6.08 Å². The van der Waals surface area contributed by atoms with Crippen LogP contribution in [0.15, 0.2) is 66.5 Å². The Bertz CT molecular complexity index is 1070. The molecular weight excluding hydrogens is 410 g/mol. The molecule has 4 rings (SSSR count). The maximum atomic E-state index is 12.8. The Morgan fingerprint density at radius 3 is 2.61 bits per heavy atom. The average molecular weight is 444 g/mol. The number of nitrogens with zero attached hydrogens (tertiary/aromatic N) is 4. The van der Waals surface area contributed by atoms with Gasteiger partial charge in [-0.25, -0.2) is 0 Å². The van der Waals surface area contributed by atoms with Crippen LogP contribution in [-0.4, -0.2) is 45.2 Å². The lowest BCUT2D eigenvalue weighted by Crippen LogP contribution is -2.35. The number of nitrogens with one attached hydrogen (secondary N) is 1. The molecular formula is C27H33N5O. The van der Waals surface area contributed by atoms with E-state index in [0.29, 0.717) is 18.0 Å². The standard InChI is InChI=1S/C27H33N5O/c1-21(16-22-8-4-3-5-9-22)19-32-14-11-23(12-15-32)17-26-25(20-31(2)30-26)27(33)29-18-24-10-6-7-13-28-24/h3-10,13,16,20,23H,11-12,14-15,17-19H2,1-2H3,(H,29,33)/b21-16+. The van der Waals surface area contributed by atoms with E-state index in [1.54, 1.807) is 10.9 Å².